The van der Waals surface area contributed by atoms with Crippen molar-refractivity contribution in [2.75, 3.05) is 39.8 Å². The SMILES string of the molecule is CCCc1nn(C)c2c(=O)[nH]c(-c3cc(S(=O)(=O)N4CCN(C(N)=NC)CC4)ccc3OCC)nc12. The second-order valence-electron chi connectivity index (χ2n) is 8.50. The van der Waals surface area contributed by atoms with Gasteiger partial charge in [-0.2, -0.15) is 9.40 Å². The van der Waals surface area contributed by atoms with Gasteiger partial charge in [-0.05, 0) is 31.5 Å². The van der Waals surface area contributed by atoms with E-state index in [2.05, 4.69) is 15.1 Å². The zero-order chi connectivity index (χ0) is 26.0. The van der Waals surface area contributed by atoms with Crippen molar-refractivity contribution in [1.29, 1.82) is 0 Å². The lowest BCUT2D eigenvalue weighted by Crippen LogP contribution is -2.52. The van der Waals surface area contributed by atoms with Crippen LogP contribution in [-0.2, 0) is 23.5 Å². The smallest absolute Gasteiger partial charge is 0.277 e. The summed E-state index contributed by atoms with van der Waals surface area (Å²) in [5.41, 5.74) is 7.51. The minimum atomic E-state index is -3.81. The number of hydrogen-bond donors (Lipinski definition) is 2. The first-order valence-corrected chi connectivity index (χ1v) is 13.4. The summed E-state index contributed by atoms with van der Waals surface area (Å²) in [5.74, 6) is 1.05. The molecule has 3 N–H and O–H groups in total. The summed E-state index contributed by atoms with van der Waals surface area (Å²) in [4.78, 5) is 26.4. The Morgan fingerprint density at radius 2 is 1.94 bits per heavy atom. The largest absolute Gasteiger partial charge is 0.493 e. The van der Waals surface area contributed by atoms with Crippen molar-refractivity contribution >= 4 is 27.0 Å². The molecule has 36 heavy (non-hydrogen) atoms. The molecule has 0 spiro atoms. The van der Waals surface area contributed by atoms with Crippen LogP contribution in [0.3, 0.4) is 0 Å². The number of aliphatic imine (C=N–C) groups is 1. The molecule has 0 radical (unpaired) electrons. The molecule has 194 valence electrons. The molecule has 4 rings (SSSR count). The molecule has 1 aliphatic heterocycles. The first kappa shape index (κ1) is 25.6. The Balaban J connectivity index is 1.77. The summed E-state index contributed by atoms with van der Waals surface area (Å²) in [5, 5.41) is 4.46. The molecule has 3 heterocycles. The van der Waals surface area contributed by atoms with Crippen LogP contribution in [0.25, 0.3) is 22.4 Å². The molecule has 2 aromatic heterocycles. The number of aryl methyl sites for hydroxylation is 2. The van der Waals surface area contributed by atoms with E-state index in [9.17, 15) is 13.2 Å². The molecule has 0 saturated carbocycles. The Labute approximate surface area is 209 Å². The fourth-order valence-electron chi connectivity index (χ4n) is 4.36. The number of benzene rings is 1. The average Bonchev–Trinajstić information content (AvgIpc) is 3.19. The Morgan fingerprint density at radius 3 is 2.58 bits per heavy atom. The average molecular weight is 517 g/mol. The van der Waals surface area contributed by atoms with Crippen molar-refractivity contribution < 1.29 is 13.2 Å². The van der Waals surface area contributed by atoms with E-state index in [0.717, 1.165) is 12.1 Å². The molecule has 0 amide bonds. The number of guanidine groups is 1. The van der Waals surface area contributed by atoms with Gasteiger partial charge in [0.1, 0.15) is 17.1 Å². The lowest BCUT2D eigenvalue weighted by molar-refractivity contribution is 0.264. The van der Waals surface area contributed by atoms with Crippen LogP contribution in [0.15, 0.2) is 32.9 Å². The molecule has 1 aromatic carbocycles. The molecule has 0 aliphatic carbocycles. The number of fused-ring (bicyclic) bond motifs is 1. The lowest BCUT2D eigenvalue weighted by Gasteiger charge is -2.34. The van der Waals surface area contributed by atoms with E-state index < -0.39 is 10.0 Å². The molecule has 12 nitrogen and oxygen atoms in total. The highest BCUT2D eigenvalue weighted by atomic mass is 32.2. The van der Waals surface area contributed by atoms with Crippen LogP contribution >= 0.6 is 0 Å². The second kappa shape index (κ2) is 10.3. The normalized spacial score (nSPS) is 15.6. The summed E-state index contributed by atoms with van der Waals surface area (Å²) < 4.78 is 35.7. The van der Waals surface area contributed by atoms with Crippen molar-refractivity contribution in [3.05, 3.63) is 34.2 Å². The predicted octanol–water partition coefficient (Wildman–Crippen LogP) is 0.926. The number of rotatable bonds is 7. The van der Waals surface area contributed by atoms with Crippen LogP contribution in [0.5, 0.6) is 5.75 Å². The van der Waals surface area contributed by atoms with E-state index in [1.807, 2.05) is 18.7 Å². The molecule has 1 saturated heterocycles. The van der Waals surface area contributed by atoms with Crippen LogP contribution in [0, 0.1) is 0 Å². The molecule has 3 aromatic rings. The molecule has 0 unspecified atom stereocenters. The van der Waals surface area contributed by atoms with Gasteiger partial charge in [-0.25, -0.2) is 13.4 Å². The van der Waals surface area contributed by atoms with Gasteiger partial charge in [0.05, 0.1) is 22.8 Å². The Morgan fingerprint density at radius 1 is 1.22 bits per heavy atom. The van der Waals surface area contributed by atoms with Crippen molar-refractivity contribution in [1.82, 2.24) is 29.0 Å². The fourth-order valence-corrected chi connectivity index (χ4v) is 5.81. The van der Waals surface area contributed by atoms with Gasteiger partial charge in [-0.15, -0.1) is 0 Å². The van der Waals surface area contributed by atoms with E-state index >= 15 is 0 Å². The summed E-state index contributed by atoms with van der Waals surface area (Å²) >= 11 is 0. The minimum absolute atomic E-state index is 0.0919. The molecule has 1 fully saturated rings. The first-order chi connectivity index (χ1) is 17.2. The number of nitrogens with zero attached hydrogens (tertiary/aromatic N) is 6. The van der Waals surface area contributed by atoms with Gasteiger partial charge >= 0.3 is 0 Å². The lowest BCUT2D eigenvalue weighted by atomic mass is 10.1. The third-order valence-electron chi connectivity index (χ3n) is 6.18. The maximum absolute atomic E-state index is 13.5. The van der Waals surface area contributed by atoms with E-state index in [0.29, 0.717) is 54.4 Å². The van der Waals surface area contributed by atoms with E-state index in [4.69, 9.17) is 15.5 Å². The number of ether oxygens (including phenoxy) is 1. The number of aromatic amines is 1. The van der Waals surface area contributed by atoms with Crippen LogP contribution in [0.4, 0.5) is 0 Å². The van der Waals surface area contributed by atoms with Gasteiger partial charge in [-0.3, -0.25) is 14.5 Å². The quantitative estimate of drug-likeness (QED) is 0.347. The van der Waals surface area contributed by atoms with Crippen molar-refractivity contribution in [2.45, 2.75) is 31.6 Å². The van der Waals surface area contributed by atoms with Crippen molar-refractivity contribution in [3.63, 3.8) is 0 Å². The van der Waals surface area contributed by atoms with Gasteiger partial charge < -0.3 is 20.4 Å². The van der Waals surface area contributed by atoms with Crippen LogP contribution in [-0.4, -0.2) is 83.2 Å². The maximum Gasteiger partial charge on any atom is 0.277 e. The minimum Gasteiger partial charge on any atom is -0.493 e. The zero-order valence-corrected chi connectivity index (χ0v) is 21.8. The Bertz CT molecular complexity index is 1450. The monoisotopic (exact) mass is 516 g/mol. The van der Waals surface area contributed by atoms with E-state index in [1.54, 1.807) is 20.2 Å². The number of nitrogens with two attached hydrogens (primary N) is 1. The number of aromatic nitrogens is 4. The third kappa shape index (κ3) is 4.67. The third-order valence-corrected chi connectivity index (χ3v) is 8.08. The summed E-state index contributed by atoms with van der Waals surface area (Å²) in [6.45, 7) is 5.66. The van der Waals surface area contributed by atoms with Crippen LogP contribution in [0.2, 0.25) is 0 Å². The molecule has 13 heteroatoms. The topological polar surface area (TPSA) is 152 Å². The van der Waals surface area contributed by atoms with Gasteiger partial charge in [0.25, 0.3) is 5.56 Å². The Hall–Kier alpha value is -3.45. The van der Waals surface area contributed by atoms with E-state index in [1.165, 1.54) is 21.1 Å². The van der Waals surface area contributed by atoms with E-state index in [-0.39, 0.29) is 29.4 Å². The molecule has 1 aliphatic rings. The van der Waals surface area contributed by atoms with Gasteiger partial charge in [-0.1, -0.05) is 13.3 Å². The number of piperazine rings is 1. The highest BCUT2D eigenvalue weighted by Crippen LogP contribution is 2.32. The molecular formula is C23H32N8O4S. The number of hydrogen-bond acceptors (Lipinski definition) is 7. The standard InChI is InChI=1S/C23H32N8O4S/c1-5-7-17-19-20(29(4)28-17)22(32)27-21(26-19)16-14-15(8-9-18(16)35-6-2)36(33,34)31-12-10-30(11-13-31)23(24)25-3/h8-9,14H,5-7,10-13H2,1-4H3,(H2,24,25)(H,26,27,32). The van der Waals surface area contributed by atoms with Crippen molar-refractivity contribution in [3.8, 4) is 17.1 Å². The highest BCUT2D eigenvalue weighted by Gasteiger charge is 2.30. The molecule has 0 bridgehead atoms. The predicted molar refractivity (Wildman–Crippen MR) is 138 cm³/mol. The van der Waals surface area contributed by atoms with Crippen LogP contribution in [0.1, 0.15) is 26.0 Å². The summed E-state index contributed by atoms with van der Waals surface area (Å²) in [6, 6.07) is 4.62. The zero-order valence-electron chi connectivity index (χ0n) is 21.0. The molecule has 0 atom stereocenters. The summed E-state index contributed by atoms with van der Waals surface area (Å²) in [6.07, 6.45) is 1.51. The highest BCUT2D eigenvalue weighted by molar-refractivity contribution is 7.89. The molecular weight excluding hydrogens is 484 g/mol. The van der Waals surface area contributed by atoms with Gasteiger partial charge in [0.15, 0.2) is 11.5 Å². The van der Waals surface area contributed by atoms with Gasteiger partial charge in [0, 0.05) is 40.3 Å². The summed E-state index contributed by atoms with van der Waals surface area (Å²) in [7, 11) is -0.503. The van der Waals surface area contributed by atoms with Crippen LogP contribution < -0.4 is 16.0 Å². The maximum atomic E-state index is 13.5. The number of H-pyrrole nitrogens is 1. The van der Waals surface area contributed by atoms with Crippen molar-refractivity contribution in [2.24, 2.45) is 17.8 Å². The first-order valence-electron chi connectivity index (χ1n) is 11.9. The number of nitrogens with one attached hydrogen (secondary N) is 1. The fraction of sp³-hybridized carbons (Fsp3) is 0.478. The van der Waals surface area contributed by atoms with Gasteiger partial charge in [0.2, 0.25) is 10.0 Å². The Kier molecular flexibility index (Phi) is 7.31. The second-order valence-corrected chi connectivity index (χ2v) is 10.4. The number of sulfonamides is 1.